The van der Waals surface area contributed by atoms with E-state index in [0.29, 0.717) is 12.2 Å². The maximum Gasteiger partial charge on any atom is 0.225 e. The van der Waals surface area contributed by atoms with Crippen molar-refractivity contribution in [3.63, 3.8) is 0 Å². The molecule has 5 nitrogen and oxygen atoms in total. The predicted octanol–water partition coefficient (Wildman–Crippen LogP) is 0.705. The van der Waals surface area contributed by atoms with Gasteiger partial charge in [0, 0.05) is 38.8 Å². The summed E-state index contributed by atoms with van der Waals surface area (Å²) in [6.07, 6.45) is 3.13. The Morgan fingerprint density at radius 3 is 2.94 bits per heavy atom. The number of aromatic nitrogens is 1. The third-order valence-electron chi connectivity index (χ3n) is 3.02. The Morgan fingerprint density at radius 1 is 1.39 bits per heavy atom. The molecule has 0 saturated carbocycles. The van der Waals surface area contributed by atoms with Gasteiger partial charge in [-0.1, -0.05) is 6.07 Å². The Labute approximate surface area is 108 Å². The molecule has 18 heavy (non-hydrogen) atoms. The second-order valence-corrected chi connectivity index (χ2v) is 4.46. The fourth-order valence-corrected chi connectivity index (χ4v) is 2.04. The van der Waals surface area contributed by atoms with Crippen LogP contribution in [0.2, 0.25) is 0 Å². The predicted molar refractivity (Wildman–Crippen MR) is 71.4 cm³/mol. The quantitative estimate of drug-likeness (QED) is 0.805. The molecule has 1 aliphatic rings. The molecular weight excluding hydrogens is 228 g/mol. The number of hydrogen-bond acceptors (Lipinski definition) is 4. The van der Waals surface area contributed by atoms with Crippen LogP contribution in [0.1, 0.15) is 12.8 Å². The highest BCUT2D eigenvalue weighted by atomic mass is 16.1. The average molecular weight is 248 g/mol. The van der Waals surface area contributed by atoms with Crippen LogP contribution in [-0.2, 0) is 4.79 Å². The molecule has 98 valence electrons. The van der Waals surface area contributed by atoms with Gasteiger partial charge in [-0.3, -0.25) is 4.79 Å². The number of rotatable bonds is 5. The van der Waals surface area contributed by atoms with Crippen molar-refractivity contribution in [3.05, 3.63) is 24.4 Å². The van der Waals surface area contributed by atoms with Crippen molar-refractivity contribution in [1.29, 1.82) is 0 Å². The second-order valence-electron chi connectivity index (χ2n) is 4.46. The minimum Gasteiger partial charge on any atom is -0.314 e. The maximum atomic E-state index is 11.7. The summed E-state index contributed by atoms with van der Waals surface area (Å²) in [5.41, 5.74) is 0. The number of anilines is 1. The second kappa shape index (κ2) is 7.08. The lowest BCUT2D eigenvalue weighted by Gasteiger charge is -2.26. The van der Waals surface area contributed by atoms with Gasteiger partial charge >= 0.3 is 0 Å². The van der Waals surface area contributed by atoms with Crippen LogP contribution in [0.25, 0.3) is 0 Å². The average Bonchev–Trinajstić information content (AvgIpc) is 2.41. The first-order chi connectivity index (χ1) is 8.84. The van der Waals surface area contributed by atoms with Gasteiger partial charge < -0.3 is 15.5 Å². The maximum absolute atomic E-state index is 11.7. The van der Waals surface area contributed by atoms with Crippen LogP contribution in [0.15, 0.2) is 24.4 Å². The van der Waals surface area contributed by atoms with Gasteiger partial charge in [0.1, 0.15) is 5.82 Å². The molecule has 1 saturated heterocycles. The van der Waals surface area contributed by atoms with Gasteiger partial charge in [0.2, 0.25) is 5.91 Å². The van der Waals surface area contributed by atoms with E-state index >= 15 is 0 Å². The summed E-state index contributed by atoms with van der Waals surface area (Å²) in [5.74, 6) is 0.675. The van der Waals surface area contributed by atoms with E-state index in [1.54, 1.807) is 12.3 Å². The van der Waals surface area contributed by atoms with Crippen LogP contribution >= 0.6 is 0 Å². The van der Waals surface area contributed by atoms with Crippen molar-refractivity contribution in [1.82, 2.24) is 15.2 Å². The van der Waals surface area contributed by atoms with E-state index in [1.807, 2.05) is 12.1 Å². The molecule has 0 spiro atoms. The Kier molecular flexibility index (Phi) is 5.11. The number of carbonyl (C=O) groups excluding carboxylic acids is 1. The van der Waals surface area contributed by atoms with Gasteiger partial charge in [0.25, 0.3) is 0 Å². The number of amides is 1. The highest BCUT2D eigenvalue weighted by Gasteiger charge is 2.09. The molecule has 2 heterocycles. The normalized spacial score (nSPS) is 16.4. The molecule has 2 rings (SSSR count). The molecule has 0 unspecified atom stereocenters. The molecule has 0 radical (unpaired) electrons. The number of nitrogens with zero attached hydrogens (tertiary/aromatic N) is 2. The van der Waals surface area contributed by atoms with Crippen LogP contribution in [0.4, 0.5) is 5.82 Å². The van der Waals surface area contributed by atoms with Crippen molar-refractivity contribution in [2.24, 2.45) is 0 Å². The van der Waals surface area contributed by atoms with E-state index < -0.39 is 0 Å². The lowest BCUT2D eigenvalue weighted by Crippen LogP contribution is -2.43. The van der Waals surface area contributed by atoms with Gasteiger partial charge in [-0.15, -0.1) is 0 Å². The Bertz CT molecular complexity index is 363. The van der Waals surface area contributed by atoms with Crippen LogP contribution < -0.4 is 10.6 Å². The van der Waals surface area contributed by atoms with Crippen LogP contribution in [-0.4, -0.2) is 48.5 Å². The topological polar surface area (TPSA) is 57.3 Å². The van der Waals surface area contributed by atoms with Gasteiger partial charge in [0.05, 0.1) is 0 Å². The fraction of sp³-hybridized carbons (Fsp3) is 0.538. The van der Waals surface area contributed by atoms with Gasteiger partial charge in [-0.2, -0.15) is 0 Å². The monoisotopic (exact) mass is 248 g/mol. The molecule has 5 heteroatoms. The standard InChI is InChI=1S/C13H20N4O/c18-13(16-12-4-1-2-6-15-12)5-3-9-17-10-7-14-8-11-17/h1-2,4,6,14H,3,5,7-11H2,(H,15,16,18). The molecule has 1 amide bonds. The van der Waals surface area contributed by atoms with Gasteiger partial charge in [-0.05, 0) is 25.1 Å². The summed E-state index contributed by atoms with van der Waals surface area (Å²) >= 11 is 0. The lowest BCUT2D eigenvalue weighted by atomic mass is 10.2. The summed E-state index contributed by atoms with van der Waals surface area (Å²) in [7, 11) is 0. The molecule has 1 aliphatic heterocycles. The van der Waals surface area contributed by atoms with Crippen molar-refractivity contribution in [2.45, 2.75) is 12.8 Å². The molecule has 0 atom stereocenters. The summed E-state index contributed by atoms with van der Waals surface area (Å²) < 4.78 is 0. The van der Waals surface area contributed by atoms with Crippen LogP contribution in [0, 0.1) is 0 Å². The Morgan fingerprint density at radius 2 is 2.22 bits per heavy atom. The number of piperazine rings is 1. The number of carbonyl (C=O) groups is 1. The summed E-state index contributed by atoms with van der Waals surface area (Å²) in [4.78, 5) is 18.1. The van der Waals surface area contributed by atoms with Gasteiger partial charge in [-0.25, -0.2) is 4.98 Å². The summed E-state index contributed by atoms with van der Waals surface area (Å²) in [6, 6.07) is 5.50. The van der Waals surface area contributed by atoms with E-state index in [4.69, 9.17) is 0 Å². The molecule has 0 aliphatic carbocycles. The first-order valence-corrected chi connectivity index (χ1v) is 6.48. The number of pyridine rings is 1. The first kappa shape index (κ1) is 13.0. The van der Waals surface area contributed by atoms with E-state index in [1.165, 1.54) is 0 Å². The highest BCUT2D eigenvalue weighted by Crippen LogP contribution is 2.03. The van der Waals surface area contributed by atoms with Crippen molar-refractivity contribution >= 4 is 11.7 Å². The van der Waals surface area contributed by atoms with Crippen LogP contribution in [0.3, 0.4) is 0 Å². The third-order valence-corrected chi connectivity index (χ3v) is 3.02. The summed E-state index contributed by atoms with van der Waals surface area (Å²) in [5, 5.41) is 6.12. The van der Waals surface area contributed by atoms with Crippen molar-refractivity contribution in [3.8, 4) is 0 Å². The molecular formula is C13H20N4O. The number of nitrogens with one attached hydrogen (secondary N) is 2. The minimum atomic E-state index is 0.0452. The van der Waals surface area contributed by atoms with E-state index in [-0.39, 0.29) is 5.91 Å². The molecule has 0 aromatic carbocycles. The van der Waals surface area contributed by atoms with Crippen molar-refractivity contribution in [2.75, 3.05) is 38.0 Å². The Hall–Kier alpha value is -1.46. The lowest BCUT2D eigenvalue weighted by molar-refractivity contribution is -0.116. The molecule has 1 aromatic rings. The molecule has 2 N–H and O–H groups in total. The van der Waals surface area contributed by atoms with E-state index in [2.05, 4.69) is 20.5 Å². The zero-order chi connectivity index (χ0) is 12.6. The van der Waals surface area contributed by atoms with E-state index in [9.17, 15) is 4.79 Å². The third kappa shape index (κ3) is 4.43. The van der Waals surface area contributed by atoms with Crippen molar-refractivity contribution < 1.29 is 4.79 Å². The van der Waals surface area contributed by atoms with Crippen LogP contribution in [0.5, 0.6) is 0 Å². The zero-order valence-corrected chi connectivity index (χ0v) is 10.6. The molecule has 1 fully saturated rings. The highest BCUT2D eigenvalue weighted by molar-refractivity contribution is 5.89. The molecule has 0 bridgehead atoms. The fourth-order valence-electron chi connectivity index (χ4n) is 2.04. The van der Waals surface area contributed by atoms with Gasteiger partial charge in [0.15, 0.2) is 0 Å². The van der Waals surface area contributed by atoms with E-state index in [0.717, 1.165) is 39.1 Å². The smallest absolute Gasteiger partial charge is 0.225 e. The minimum absolute atomic E-state index is 0.0452. The summed E-state index contributed by atoms with van der Waals surface area (Å²) in [6.45, 7) is 5.28. The SMILES string of the molecule is O=C(CCCN1CCNCC1)Nc1ccccn1. The zero-order valence-electron chi connectivity index (χ0n) is 10.6. The largest absolute Gasteiger partial charge is 0.314 e. The molecule has 1 aromatic heterocycles. The number of hydrogen-bond donors (Lipinski definition) is 2. The first-order valence-electron chi connectivity index (χ1n) is 6.48. The Balaban J connectivity index is 1.62.